The van der Waals surface area contributed by atoms with E-state index >= 15 is 0 Å². The van der Waals surface area contributed by atoms with Gasteiger partial charge in [0.25, 0.3) is 0 Å². The predicted octanol–water partition coefficient (Wildman–Crippen LogP) is 2.61. The van der Waals surface area contributed by atoms with E-state index in [1.54, 1.807) is 7.11 Å². The number of carbonyl (C=O) groups excluding carboxylic acids is 2. The number of ether oxygens (including phenoxy) is 1. The Morgan fingerprint density at radius 3 is 2.38 bits per heavy atom. The van der Waals surface area contributed by atoms with Gasteiger partial charge in [0.05, 0.1) is 12.5 Å². The highest BCUT2D eigenvalue weighted by atomic mass is 16.5. The standard InChI is InChI=1S/C21H26N2O3/c1-26-18-8-6-16(7-9-18)14-23-15-21(20(23)25)10-12-22(13-11-21)19(24)17-4-2-3-5-17/h2-3,6-9,17H,4-5,10-15H2,1H3. The summed E-state index contributed by atoms with van der Waals surface area (Å²) in [7, 11) is 1.65. The first-order valence-electron chi connectivity index (χ1n) is 9.47. The van der Waals surface area contributed by atoms with Crippen molar-refractivity contribution in [2.24, 2.45) is 11.3 Å². The zero-order valence-corrected chi connectivity index (χ0v) is 15.3. The molecule has 0 aromatic heterocycles. The molecule has 0 N–H and O–H groups in total. The second-order valence-electron chi connectivity index (χ2n) is 7.75. The van der Waals surface area contributed by atoms with Crippen molar-refractivity contribution in [3.8, 4) is 5.75 Å². The van der Waals surface area contributed by atoms with Crippen LogP contribution >= 0.6 is 0 Å². The Hall–Kier alpha value is -2.30. The number of hydrogen-bond donors (Lipinski definition) is 0. The highest BCUT2D eigenvalue weighted by Crippen LogP contribution is 2.43. The number of benzene rings is 1. The molecule has 138 valence electrons. The zero-order chi connectivity index (χ0) is 18.1. The van der Waals surface area contributed by atoms with E-state index in [-0.39, 0.29) is 23.1 Å². The van der Waals surface area contributed by atoms with Crippen molar-refractivity contribution in [2.45, 2.75) is 32.2 Å². The number of allylic oxidation sites excluding steroid dienone is 2. The smallest absolute Gasteiger partial charge is 0.231 e. The first-order chi connectivity index (χ1) is 12.6. The van der Waals surface area contributed by atoms with Crippen molar-refractivity contribution in [3.63, 3.8) is 0 Å². The summed E-state index contributed by atoms with van der Waals surface area (Å²) in [6, 6.07) is 7.87. The Bertz CT molecular complexity index is 709. The fourth-order valence-electron chi connectivity index (χ4n) is 4.43. The van der Waals surface area contributed by atoms with Crippen molar-refractivity contribution in [1.29, 1.82) is 0 Å². The molecule has 1 aromatic rings. The Labute approximate surface area is 154 Å². The fraction of sp³-hybridized carbons (Fsp3) is 0.524. The van der Waals surface area contributed by atoms with Gasteiger partial charge in [-0.05, 0) is 43.4 Å². The van der Waals surface area contributed by atoms with Gasteiger partial charge in [0.2, 0.25) is 11.8 Å². The molecule has 0 bridgehead atoms. The molecule has 2 heterocycles. The minimum Gasteiger partial charge on any atom is -0.497 e. The van der Waals surface area contributed by atoms with Gasteiger partial charge in [-0.1, -0.05) is 24.3 Å². The quantitative estimate of drug-likeness (QED) is 0.617. The molecule has 5 heteroatoms. The van der Waals surface area contributed by atoms with Gasteiger partial charge in [-0.25, -0.2) is 0 Å². The highest BCUT2D eigenvalue weighted by Gasteiger charge is 2.53. The van der Waals surface area contributed by atoms with Gasteiger partial charge in [0.15, 0.2) is 0 Å². The lowest BCUT2D eigenvalue weighted by Gasteiger charge is -2.52. The maximum atomic E-state index is 12.8. The SMILES string of the molecule is COc1ccc(CN2CC3(CCN(C(=O)C4CC=CC4)CC3)C2=O)cc1. The second-order valence-corrected chi connectivity index (χ2v) is 7.75. The molecule has 26 heavy (non-hydrogen) atoms. The molecular formula is C21H26N2O3. The summed E-state index contributed by atoms with van der Waals surface area (Å²) in [6.45, 7) is 2.90. The van der Waals surface area contributed by atoms with Crippen LogP contribution in [0.5, 0.6) is 5.75 Å². The third-order valence-electron chi connectivity index (χ3n) is 6.16. The van der Waals surface area contributed by atoms with Crippen molar-refractivity contribution in [2.75, 3.05) is 26.7 Å². The van der Waals surface area contributed by atoms with Crippen LogP contribution in [0.1, 0.15) is 31.2 Å². The Kier molecular flexibility index (Phi) is 4.47. The predicted molar refractivity (Wildman–Crippen MR) is 98.5 cm³/mol. The minimum atomic E-state index is -0.225. The number of hydrogen-bond acceptors (Lipinski definition) is 3. The summed E-state index contributed by atoms with van der Waals surface area (Å²) in [5.74, 6) is 1.48. The molecular weight excluding hydrogens is 328 g/mol. The van der Waals surface area contributed by atoms with Crippen LogP contribution in [0.2, 0.25) is 0 Å². The molecule has 1 aliphatic carbocycles. The van der Waals surface area contributed by atoms with E-state index < -0.39 is 0 Å². The third kappa shape index (κ3) is 3.00. The number of methoxy groups -OCH3 is 1. The molecule has 2 saturated heterocycles. The van der Waals surface area contributed by atoms with Gasteiger partial charge < -0.3 is 14.5 Å². The summed E-state index contributed by atoms with van der Waals surface area (Å²) < 4.78 is 5.18. The number of piperidine rings is 1. The Balaban J connectivity index is 1.30. The maximum absolute atomic E-state index is 12.8. The number of nitrogens with zero attached hydrogens (tertiary/aromatic N) is 2. The monoisotopic (exact) mass is 354 g/mol. The van der Waals surface area contributed by atoms with E-state index in [1.165, 1.54) is 0 Å². The molecule has 2 aliphatic heterocycles. The van der Waals surface area contributed by atoms with Crippen LogP contribution in [0.3, 0.4) is 0 Å². The number of carbonyl (C=O) groups is 2. The summed E-state index contributed by atoms with van der Waals surface area (Å²) in [5.41, 5.74) is 0.896. The van der Waals surface area contributed by atoms with Crippen LogP contribution in [0, 0.1) is 11.3 Å². The highest BCUT2D eigenvalue weighted by molar-refractivity contribution is 5.89. The first-order valence-corrected chi connectivity index (χ1v) is 9.47. The number of rotatable bonds is 4. The Morgan fingerprint density at radius 2 is 1.81 bits per heavy atom. The third-order valence-corrected chi connectivity index (χ3v) is 6.16. The van der Waals surface area contributed by atoms with Crippen molar-refractivity contribution >= 4 is 11.8 Å². The summed E-state index contributed by atoms with van der Waals surface area (Å²) in [4.78, 5) is 29.2. The molecule has 1 aromatic carbocycles. The molecule has 5 nitrogen and oxygen atoms in total. The van der Waals surface area contributed by atoms with Crippen LogP contribution in [0.25, 0.3) is 0 Å². The number of amides is 2. The van der Waals surface area contributed by atoms with E-state index in [2.05, 4.69) is 12.2 Å². The van der Waals surface area contributed by atoms with E-state index in [0.717, 1.165) is 56.6 Å². The van der Waals surface area contributed by atoms with Crippen molar-refractivity contribution in [1.82, 2.24) is 9.80 Å². The molecule has 2 fully saturated rings. The van der Waals surface area contributed by atoms with Crippen LogP contribution in [-0.4, -0.2) is 48.4 Å². The lowest BCUT2D eigenvalue weighted by molar-refractivity contribution is -0.168. The first kappa shape index (κ1) is 17.1. The van der Waals surface area contributed by atoms with E-state index in [4.69, 9.17) is 4.74 Å². The van der Waals surface area contributed by atoms with E-state index in [0.29, 0.717) is 6.54 Å². The van der Waals surface area contributed by atoms with Gasteiger partial charge in [0.1, 0.15) is 5.75 Å². The van der Waals surface area contributed by atoms with Gasteiger partial charge in [0, 0.05) is 32.1 Å². The second kappa shape index (κ2) is 6.78. The fourth-order valence-corrected chi connectivity index (χ4v) is 4.43. The average molecular weight is 354 g/mol. The number of likely N-dealkylation sites (tertiary alicyclic amines) is 2. The van der Waals surface area contributed by atoms with Gasteiger partial charge in [-0.15, -0.1) is 0 Å². The van der Waals surface area contributed by atoms with Crippen LogP contribution in [0.15, 0.2) is 36.4 Å². The van der Waals surface area contributed by atoms with Crippen molar-refractivity contribution < 1.29 is 14.3 Å². The molecule has 0 radical (unpaired) electrons. The zero-order valence-electron chi connectivity index (χ0n) is 15.3. The molecule has 3 aliphatic rings. The normalized spacial score (nSPS) is 22.0. The summed E-state index contributed by atoms with van der Waals surface area (Å²) in [6.07, 6.45) is 7.54. The van der Waals surface area contributed by atoms with Crippen LogP contribution in [0.4, 0.5) is 0 Å². The Morgan fingerprint density at radius 1 is 1.15 bits per heavy atom. The molecule has 0 atom stereocenters. The molecule has 0 unspecified atom stereocenters. The summed E-state index contributed by atoms with van der Waals surface area (Å²) in [5, 5.41) is 0. The average Bonchev–Trinajstić information content (AvgIpc) is 3.23. The molecule has 0 saturated carbocycles. The van der Waals surface area contributed by atoms with E-state index in [1.807, 2.05) is 34.1 Å². The lowest BCUT2D eigenvalue weighted by Crippen LogP contribution is -2.64. The summed E-state index contributed by atoms with van der Waals surface area (Å²) >= 11 is 0. The van der Waals surface area contributed by atoms with Crippen molar-refractivity contribution in [3.05, 3.63) is 42.0 Å². The van der Waals surface area contributed by atoms with Gasteiger partial charge in [-0.2, -0.15) is 0 Å². The maximum Gasteiger partial charge on any atom is 0.231 e. The van der Waals surface area contributed by atoms with E-state index in [9.17, 15) is 9.59 Å². The molecule has 4 rings (SSSR count). The van der Waals surface area contributed by atoms with Gasteiger partial charge >= 0.3 is 0 Å². The minimum absolute atomic E-state index is 0.132. The van der Waals surface area contributed by atoms with Crippen LogP contribution < -0.4 is 4.74 Å². The lowest BCUT2D eigenvalue weighted by atomic mass is 9.70. The van der Waals surface area contributed by atoms with Gasteiger partial charge in [-0.3, -0.25) is 9.59 Å². The topological polar surface area (TPSA) is 49.9 Å². The molecule has 1 spiro atoms. The molecule has 2 amide bonds. The number of β-lactam (4-membered cyclic amide) rings is 1. The largest absolute Gasteiger partial charge is 0.497 e. The van der Waals surface area contributed by atoms with Crippen LogP contribution in [-0.2, 0) is 16.1 Å².